The van der Waals surface area contributed by atoms with E-state index in [0.29, 0.717) is 0 Å². The van der Waals surface area contributed by atoms with E-state index < -0.39 is 0 Å². The van der Waals surface area contributed by atoms with E-state index >= 15 is 0 Å². The van der Waals surface area contributed by atoms with E-state index in [1.165, 1.54) is 11.3 Å². The van der Waals surface area contributed by atoms with Crippen molar-refractivity contribution in [1.82, 2.24) is 14.7 Å². The maximum absolute atomic E-state index is 4.39. The molecule has 3 nitrogen and oxygen atoms in total. The zero-order chi connectivity index (χ0) is 8.72. The molecule has 0 bridgehead atoms. The Bertz CT molecular complexity index is 305. The van der Waals surface area contributed by atoms with Gasteiger partial charge in [-0.15, -0.1) is 0 Å². The molecule has 0 atom stereocenters. The lowest BCUT2D eigenvalue weighted by molar-refractivity contribution is 0.341. The van der Waals surface area contributed by atoms with Crippen molar-refractivity contribution >= 4 is 15.9 Å². The Morgan fingerprint density at radius 1 is 1.50 bits per heavy atom. The Morgan fingerprint density at radius 3 is 2.92 bits per heavy atom. The third-order valence-electron chi connectivity index (χ3n) is 2.26. The van der Waals surface area contributed by atoms with Crippen molar-refractivity contribution in [3.63, 3.8) is 0 Å². The molecule has 0 fully saturated rings. The third kappa shape index (κ3) is 1.10. The molecule has 1 aromatic heterocycles. The molecule has 1 aromatic rings. The molecule has 0 amide bonds. The van der Waals surface area contributed by atoms with Gasteiger partial charge >= 0.3 is 0 Å². The number of hydrogen-bond acceptors (Lipinski definition) is 2. The number of nitrogens with zero attached hydrogens (tertiary/aromatic N) is 3. The highest BCUT2D eigenvalue weighted by Crippen LogP contribution is 2.27. The minimum absolute atomic E-state index is 0.960. The summed E-state index contributed by atoms with van der Waals surface area (Å²) in [4.78, 5) is 2.29. The minimum Gasteiger partial charge on any atom is -0.296 e. The lowest BCUT2D eigenvalue weighted by Crippen LogP contribution is -2.11. The molecule has 0 unspecified atom stereocenters. The summed E-state index contributed by atoms with van der Waals surface area (Å²) in [7, 11) is 2.13. The molecule has 4 heteroatoms. The standard InChI is InChI=1S/C8H12BrN3/c1-3-12-7-5-11(2)4-6(7)8(9)10-12/h3-5H2,1-2H3. The predicted molar refractivity (Wildman–Crippen MR) is 50.8 cm³/mol. The summed E-state index contributed by atoms with van der Waals surface area (Å²) in [5.74, 6) is 0. The van der Waals surface area contributed by atoms with Crippen LogP contribution in [0.15, 0.2) is 4.60 Å². The van der Waals surface area contributed by atoms with E-state index in [1.54, 1.807) is 0 Å². The summed E-state index contributed by atoms with van der Waals surface area (Å²) < 4.78 is 3.09. The van der Waals surface area contributed by atoms with Crippen LogP contribution >= 0.6 is 15.9 Å². The molecule has 2 heterocycles. The van der Waals surface area contributed by atoms with Crippen LogP contribution in [0.25, 0.3) is 0 Å². The van der Waals surface area contributed by atoms with Crippen molar-refractivity contribution in [2.24, 2.45) is 0 Å². The molecule has 0 aliphatic carbocycles. The van der Waals surface area contributed by atoms with Crippen LogP contribution in [0.5, 0.6) is 0 Å². The van der Waals surface area contributed by atoms with E-state index in [0.717, 1.165) is 24.2 Å². The van der Waals surface area contributed by atoms with Crippen LogP contribution in [-0.4, -0.2) is 21.7 Å². The first-order chi connectivity index (χ1) is 5.72. The smallest absolute Gasteiger partial charge is 0.132 e. The highest BCUT2D eigenvalue weighted by atomic mass is 79.9. The van der Waals surface area contributed by atoms with E-state index in [1.807, 2.05) is 0 Å². The predicted octanol–water partition coefficient (Wildman–Crippen LogP) is 1.61. The Morgan fingerprint density at radius 2 is 2.25 bits per heavy atom. The van der Waals surface area contributed by atoms with Crippen LogP contribution in [0.1, 0.15) is 18.2 Å². The number of aryl methyl sites for hydroxylation is 1. The second-order valence-corrected chi connectivity index (χ2v) is 3.96. The second kappa shape index (κ2) is 2.85. The topological polar surface area (TPSA) is 21.1 Å². The Balaban J connectivity index is 2.45. The Kier molecular flexibility index (Phi) is 1.96. The Hall–Kier alpha value is -0.350. The first-order valence-electron chi connectivity index (χ1n) is 4.15. The van der Waals surface area contributed by atoms with Gasteiger partial charge in [-0.05, 0) is 29.9 Å². The zero-order valence-electron chi connectivity index (χ0n) is 7.34. The summed E-state index contributed by atoms with van der Waals surface area (Å²) in [6.45, 7) is 5.14. The molecular weight excluding hydrogens is 218 g/mol. The van der Waals surface area contributed by atoms with Gasteiger partial charge in [0.25, 0.3) is 0 Å². The number of rotatable bonds is 1. The molecule has 0 N–H and O–H groups in total. The van der Waals surface area contributed by atoms with Gasteiger partial charge in [0.2, 0.25) is 0 Å². The first-order valence-corrected chi connectivity index (χ1v) is 4.94. The van der Waals surface area contributed by atoms with Crippen LogP contribution in [0, 0.1) is 0 Å². The van der Waals surface area contributed by atoms with E-state index in [9.17, 15) is 0 Å². The zero-order valence-corrected chi connectivity index (χ0v) is 8.93. The van der Waals surface area contributed by atoms with Crippen molar-refractivity contribution in [2.75, 3.05) is 7.05 Å². The largest absolute Gasteiger partial charge is 0.296 e. The summed E-state index contributed by atoms with van der Waals surface area (Å²) in [5, 5.41) is 4.39. The maximum Gasteiger partial charge on any atom is 0.132 e. The molecule has 0 radical (unpaired) electrons. The molecule has 0 aromatic carbocycles. The third-order valence-corrected chi connectivity index (χ3v) is 2.90. The van der Waals surface area contributed by atoms with Gasteiger partial charge in [0.1, 0.15) is 4.60 Å². The number of fused-ring (bicyclic) bond motifs is 1. The van der Waals surface area contributed by atoms with Crippen molar-refractivity contribution < 1.29 is 0 Å². The van der Waals surface area contributed by atoms with Gasteiger partial charge in [-0.25, -0.2) is 0 Å². The van der Waals surface area contributed by atoms with Crippen LogP contribution < -0.4 is 0 Å². The molecule has 0 spiro atoms. The number of aromatic nitrogens is 2. The SMILES string of the molecule is CCn1nc(Br)c2c1CN(C)C2. The average molecular weight is 230 g/mol. The van der Waals surface area contributed by atoms with Gasteiger partial charge < -0.3 is 0 Å². The minimum atomic E-state index is 0.960. The molecule has 0 saturated carbocycles. The molecule has 1 aliphatic heterocycles. The van der Waals surface area contributed by atoms with Gasteiger partial charge in [0.15, 0.2) is 0 Å². The quantitative estimate of drug-likeness (QED) is 0.730. The monoisotopic (exact) mass is 229 g/mol. The lowest BCUT2D eigenvalue weighted by atomic mass is 10.3. The summed E-state index contributed by atoms with van der Waals surface area (Å²) in [6, 6.07) is 0. The fraction of sp³-hybridized carbons (Fsp3) is 0.625. The van der Waals surface area contributed by atoms with Gasteiger partial charge in [0.05, 0.1) is 5.69 Å². The number of halogens is 1. The normalized spacial score (nSPS) is 16.9. The fourth-order valence-electron chi connectivity index (χ4n) is 1.68. The van der Waals surface area contributed by atoms with Crippen molar-refractivity contribution in [3.8, 4) is 0 Å². The van der Waals surface area contributed by atoms with E-state index in [4.69, 9.17) is 0 Å². The highest BCUT2D eigenvalue weighted by molar-refractivity contribution is 9.10. The van der Waals surface area contributed by atoms with Crippen LogP contribution in [0.2, 0.25) is 0 Å². The molecule has 1 aliphatic rings. The van der Waals surface area contributed by atoms with Crippen LogP contribution in [0.3, 0.4) is 0 Å². The number of hydrogen-bond donors (Lipinski definition) is 0. The molecule has 2 rings (SSSR count). The van der Waals surface area contributed by atoms with Crippen LogP contribution in [-0.2, 0) is 19.6 Å². The van der Waals surface area contributed by atoms with Crippen LogP contribution in [0.4, 0.5) is 0 Å². The first kappa shape index (κ1) is 8.26. The molecule has 0 saturated heterocycles. The van der Waals surface area contributed by atoms with Crippen molar-refractivity contribution in [3.05, 3.63) is 15.9 Å². The average Bonchev–Trinajstić information content (AvgIpc) is 2.52. The van der Waals surface area contributed by atoms with Gasteiger partial charge in [-0.2, -0.15) is 5.10 Å². The fourth-order valence-corrected chi connectivity index (χ4v) is 2.22. The highest BCUT2D eigenvalue weighted by Gasteiger charge is 2.23. The molecule has 66 valence electrons. The van der Waals surface area contributed by atoms with Gasteiger partial charge in [0, 0.05) is 25.2 Å². The van der Waals surface area contributed by atoms with Crippen molar-refractivity contribution in [1.29, 1.82) is 0 Å². The maximum atomic E-state index is 4.39. The molecular formula is C8H12BrN3. The lowest BCUT2D eigenvalue weighted by Gasteiger charge is -2.06. The summed E-state index contributed by atoms with van der Waals surface area (Å²) >= 11 is 3.48. The van der Waals surface area contributed by atoms with Crippen molar-refractivity contribution in [2.45, 2.75) is 26.6 Å². The van der Waals surface area contributed by atoms with E-state index in [-0.39, 0.29) is 0 Å². The van der Waals surface area contributed by atoms with E-state index in [2.05, 4.69) is 44.6 Å². The van der Waals surface area contributed by atoms with Gasteiger partial charge in [-0.1, -0.05) is 0 Å². The summed E-state index contributed by atoms with van der Waals surface area (Å²) in [5.41, 5.74) is 2.73. The molecule has 12 heavy (non-hydrogen) atoms. The Labute approximate surface area is 80.5 Å². The second-order valence-electron chi connectivity index (χ2n) is 3.20. The summed E-state index contributed by atoms with van der Waals surface area (Å²) in [6.07, 6.45) is 0. The van der Waals surface area contributed by atoms with Gasteiger partial charge in [-0.3, -0.25) is 9.58 Å².